The molecule has 1 aliphatic carbocycles. The van der Waals surface area contributed by atoms with Crippen LogP contribution in [0.5, 0.6) is 0 Å². The summed E-state index contributed by atoms with van der Waals surface area (Å²) in [6.07, 6.45) is 8.82. The molecule has 1 saturated carbocycles. The molecule has 1 aromatic rings. The molecule has 0 aliphatic heterocycles. The lowest BCUT2D eigenvalue weighted by molar-refractivity contribution is -0.142. The molecule has 94 valence electrons. The lowest BCUT2D eigenvalue weighted by Gasteiger charge is -2.28. The quantitative estimate of drug-likeness (QED) is 0.802. The monoisotopic (exact) mass is 243 g/mol. The molecule has 0 aromatic heterocycles. The third-order valence-electron chi connectivity index (χ3n) is 3.42. The van der Waals surface area contributed by atoms with Crippen LogP contribution in [0, 0.1) is 18.3 Å². The van der Waals surface area contributed by atoms with E-state index in [4.69, 9.17) is 11.5 Å². The van der Waals surface area contributed by atoms with Gasteiger partial charge in [0.15, 0.2) is 0 Å². The van der Waals surface area contributed by atoms with Crippen LogP contribution < -0.4 is 5.32 Å². The van der Waals surface area contributed by atoms with E-state index in [1.165, 1.54) is 0 Å². The molecule has 0 amide bonds. The number of aliphatic carboxylic acids is 1. The van der Waals surface area contributed by atoms with Gasteiger partial charge < -0.3 is 10.4 Å². The maximum absolute atomic E-state index is 11.0. The third kappa shape index (κ3) is 3.04. The maximum Gasteiger partial charge on any atom is 0.306 e. The number of rotatable bonds is 3. The Balaban J connectivity index is 2.00. The highest BCUT2D eigenvalue weighted by Gasteiger charge is 2.26. The summed E-state index contributed by atoms with van der Waals surface area (Å²) in [5.74, 6) is 1.70. The number of terminal acetylenes is 1. The van der Waals surface area contributed by atoms with E-state index < -0.39 is 5.97 Å². The first kappa shape index (κ1) is 12.5. The van der Waals surface area contributed by atoms with E-state index in [2.05, 4.69) is 11.2 Å². The van der Waals surface area contributed by atoms with Crippen molar-refractivity contribution in [3.8, 4) is 12.3 Å². The van der Waals surface area contributed by atoms with E-state index in [-0.39, 0.29) is 12.0 Å². The summed E-state index contributed by atoms with van der Waals surface area (Å²) in [6, 6.07) is 7.91. The summed E-state index contributed by atoms with van der Waals surface area (Å²) < 4.78 is 0. The van der Waals surface area contributed by atoms with E-state index in [0.29, 0.717) is 6.42 Å². The van der Waals surface area contributed by atoms with Crippen LogP contribution in [0.15, 0.2) is 24.3 Å². The van der Waals surface area contributed by atoms with Gasteiger partial charge in [0.05, 0.1) is 5.92 Å². The van der Waals surface area contributed by atoms with Crippen molar-refractivity contribution < 1.29 is 9.90 Å². The molecule has 0 bridgehead atoms. The van der Waals surface area contributed by atoms with E-state index in [0.717, 1.165) is 30.5 Å². The van der Waals surface area contributed by atoms with Crippen LogP contribution in [0.2, 0.25) is 0 Å². The molecule has 0 saturated heterocycles. The highest BCUT2D eigenvalue weighted by atomic mass is 16.4. The van der Waals surface area contributed by atoms with Gasteiger partial charge in [-0.25, -0.2) is 0 Å². The Hall–Kier alpha value is -1.95. The van der Waals surface area contributed by atoms with Gasteiger partial charge in [-0.05, 0) is 37.5 Å². The number of hydrogen-bond donors (Lipinski definition) is 2. The molecule has 3 heteroatoms. The fraction of sp³-hybridized carbons (Fsp3) is 0.400. The molecule has 2 atom stereocenters. The van der Waals surface area contributed by atoms with Crippen LogP contribution in [0.25, 0.3) is 0 Å². The van der Waals surface area contributed by atoms with Gasteiger partial charge in [0.2, 0.25) is 0 Å². The van der Waals surface area contributed by atoms with Gasteiger partial charge in [-0.3, -0.25) is 4.79 Å². The van der Waals surface area contributed by atoms with Gasteiger partial charge in [0, 0.05) is 17.3 Å². The predicted molar refractivity (Wildman–Crippen MR) is 71.4 cm³/mol. The smallest absolute Gasteiger partial charge is 0.306 e. The van der Waals surface area contributed by atoms with Crippen molar-refractivity contribution in [3.05, 3.63) is 29.8 Å². The zero-order valence-corrected chi connectivity index (χ0v) is 10.2. The molecular weight excluding hydrogens is 226 g/mol. The van der Waals surface area contributed by atoms with Crippen LogP contribution in [0.3, 0.4) is 0 Å². The number of carboxylic acid groups (broad SMARTS) is 1. The van der Waals surface area contributed by atoms with Crippen molar-refractivity contribution in [2.24, 2.45) is 5.92 Å². The van der Waals surface area contributed by atoms with Crippen molar-refractivity contribution >= 4 is 11.7 Å². The lowest BCUT2D eigenvalue weighted by Crippen LogP contribution is -2.30. The number of hydrogen-bond acceptors (Lipinski definition) is 2. The second-order valence-corrected chi connectivity index (χ2v) is 4.77. The Labute approximate surface area is 107 Å². The zero-order valence-electron chi connectivity index (χ0n) is 10.2. The van der Waals surface area contributed by atoms with E-state index in [1.807, 2.05) is 24.3 Å². The fourth-order valence-electron chi connectivity index (χ4n) is 2.48. The lowest BCUT2D eigenvalue weighted by atomic mass is 9.85. The first-order valence-corrected chi connectivity index (χ1v) is 6.25. The molecule has 18 heavy (non-hydrogen) atoms. The molecule has 1 aromatic carbocycles. The summed E-state index contributed by atoms with van der Waals surface area (Å²) in [7, 11) is 0. The van der Waals surface area contributed by atoms with Gasteiger partial charge in [0.25, 0.3) is 0 Å². The second-order valence-electron chi connectivity index (χ2n) is 4.77. The van der Waals surface area contributed by atoms with Gasteiger partial charge >= 0.3 is 5.97 Å². The number of carbonyl (C=O) groups is 1. The Kier molecular flexibility index (Phi) is 3.88. The van der Waals surface area contributed by atoms with Gasteiger partial charge in [-0.2, -0.15) is 0 Å². The van der Waals surface area contributed by atoms with E-state index >= 15 is 0 Å². The number of carboxylic acids is 1. The van der Waals surface area contributed by atoms with Crippen molar-refractivity contribution in [1.29, 1.82) is 0 Å². The van der Waals surface area contributed by atoms with E-state index in [9.17, 15) is 4.79 Å². The highest BCUT2D eigenvalue weighted by molar-refractivity contribution is 5.70. The molecule has 0 radical (unpaired) electrons. The Morgan fingerprint density at radius 1 is 1.44 bits per heavy atom. The Morgan fingerprint density at radius 2 is 2.28 bits per heavy atom. The number of nitrogens with one attached hydrogen (secondary N) is 1. The Bertz CT molecular complexity index is 476. The van der Waals surface area contributed by atoms with Gasteiger partial charge in [-0.15, -0.1) is 6.42 Å². The molecule has 2 unspecified atom stereocenters. The number of benzene rings is 1. The summed E-state index contributed by atoms with van der Waals surface area (Å²) in [5.41, 5.74) is 1.81. The molecular formula is C15H17NO2. The van der Waals surface area contributed by atoms with Gasteiger partial charge in [0.1, 0.15) is 0 Å². The van der Waals surface area contributed by atoms with Crippen LogP contribution in [0.4, 0.5) is 5.69 Å². The largest absolute Gasteiger partial charge is 0.481 e. The normalized spacial score (nSPS) is 23.1. The van der Waals surface area contributed by atoms with Crippen molar-refractivity contribution in [2.45, 2.75) is 31.7 Å². The van der Waals surface area contributed by atoms with E-state index in [1.54, 1.807) is 0 Å². The third-order valence-corrected chi connectivity index (χ3v) is 3.42. The predicted octanol–water partition coefficient (Wildman–Crippen LogP) is 2.72. The summed E-state index contributed by atoms with van der Waals surface area (Å²) in [4.78, 5) is 11.0. The summed E-state index contributed by atoms with van der Waals surface area (Å²) in [6.45, 7) is 0. The molecule has 2 rings (SSSR count). The zero-order chi connectivity index (χ0) is 13.0. The highest BCUT2D eigenvalue weighted by Crippen LogP contribution is 2.27. The van der Waals surface area contributed by atoms with Crippen molar-refractivity contribution in [1.82, 2.24) is 0 Å². The Morgan fingerprint density at radius 3 is 3.00 bits per heavy atom. The summed E-state index contributed by atoms with van der Waals surface area (Å²) >= 11 is 0. The summed E-state index contributed by atoms with van der Waals surface area (Å²) in [5, 5.41) is 12.4. The molecule has 2 N–H and O–H groups in total. The standard InChI is InChI=1S/C15H17NO2/c1-2-11-5-3-7-13(9-11)16-14-8-4-6-12(10-14)15(17)18/h1,3,5,7,9,12,14,16H,4,6,8,10H2,(H,17,18). The van der Waals surface area contributed by atoms with Crippen molar-refractivity contribution in [3.63, 3.8) is 0 Å². The van der Waals surface area contributed by atoms with Crippen molar-refractivity contribution in [2.75, 3.05) is 5.32 Å². The van der Waals surface area contributed by atoms with Gasteiger partial charge in [-0.1, -0.05) is 18.4 Å². The average Bonchev–Trinajstić information content (AvgIpc) is 2.39. The van der Waals surface area contributed by atoms with Crippen LogP contribution >= 0.6 is 0 Å². The molecule has 1 aliphatic rings. The minimum absolute atomic E-state index is 0.216. The maximum atomic E-state index is 11.0. The number of anilines is 1. The minimum atomic E-state index is -0.682. The minimum Gasteiger partial charge on any atom is -0.481 e. The molecule has 3 nitrogen and oxygen atoms in total. The SMILES string of the molecule is C#Cc1cccc(NC2CCCC(C(=O)O)C2)c1. The molecule has 0 spiro atoms. The molecule has 1 fully saturated rings. The molecule has 0 heterocycles. The first-order valence-electron chi connectivity index (χ1n) is 6.25. The first-order chi connectivity index (χ1) is 8.69. The topological polar surface area (TPSA) is 49.3 Å². The average molecular weight is 243 g/mol. The van der Waals surface area contributed by atoms with Crippen LogP contribution in [-0.4, -0.2) is 17.1 Å². The van der Waals surface area contributed by atoms with Crippen LogP contribution in [-0.2, 0) is 4.79 Å². The fourth-order valence-corrected chi connectivity index (χ4v) is 2.48. The second kappa shape index (κ2) is 5.59. The van der Waals surface area contributed by atoms with Crippen LogP contribution in [0.1, 0.15) is 31.2 Å².